The highest BCUT2D eigenvalue weighted by molar-refractivity contribution is 7.16. The second-order valence-corrected chi connectivity index (χ2v) is 8.95. The van der Waals surface area contributed by atoms with E-state index in [4.69, 9.17) is 0 Å². The van der Waals surface area contributed by atoms with Crippen molar-refractivity contribution in [3.8, 4) is 6.07 Å². The normalized spacial score (nSPS) is 22.4. The maximum absolute atomic E-state index is 12.6. The van der Waals surface area contributed by atoms with Crippen molar-refractivity contribution in [1.82, 2.24) is 0 Å². The van der Waals surface area contributed by atoms with Crippen molar-refractivity contribution in [1.29, 1.82) is 5.26 Å². The minimum atomic E-state index is 0.0357. The molecule has 2 aliphatic rings. The van der Waals surface area contributed by atoms with Crippen LogP contribution in [0.4, 0.5) is 5.00 Å². The van der Waals surface area contributed by atoms with Gasteiger partial charge in [-0.3, -0.25) is 4.79 Å². The summed E-state index contributed by atoms with van der Waals surface area (Å²) in [6.45, 7) is 1.53. The first-order valence-corrected chi connectivity index (χ1v) is 10.7. The molecule has 0 saturated carbocycles. The lowest BCUT2D eigenvalue weighted by atomic mass is 9.96. The maximum atomic E-state index is 12.6. The first kappa shape index (κ1) is 16.8. The molecule has 25 heavy (non-hydrogen) atoms. The molecular formula is C19H22N3OS2+. The lowest BCUT2D eigenvalue weighted by Crippen LogP contribution is -3.11. The zero-order valence-corrected chi connectivity index (χ0v) is 15.8. The Morgan fingerprint density at radius 1 is 1.36 bits per heavy atom. The van der Waals surface area contributed by atoms with E-state index in [-0.39, 0.29) is 5.91 Å². The largest absolute Gasteiger partial charge is 0.320 e. The van der Waals surface area contributed by atoms with Gasteiger partial charge >= 0.3 is 0 Å². The quantitative estimate of drug-likeness (QED) is 0.867. The summed E-state index contributed by atoms with van der Waals surface area (Å²) in [5.41, 5.74) is 1.89. The Hall–Kier alpha value is -1.68. The minimum Gasteiger partial charge on any atom is -0.320 e. The lowest BCUT2D eigenvalue weighted by Gasteiger charge is -2.19. The van der Waals surface area contributed by atoms with E-state index in [1.807, 2.05) is 0 Å². The molecule has 1 saturated heterocycles. The van der Waals surface area contributed by atoms with Crippen molar-refractivity contribution in [2.45, 2.75) is 44.6 Å². The average molecular weight is 373 g/mol. The Bertz CT molecular complexity index is 803. The highest BCUT2D eigenvalue weighted by Gasteiger charge is 2.32. The highest BCUT2D eigenvalue weighted by atomic mass is 32.1. The summed E-state index contributed by atoms with van der Waals surface area (Å²) < 4.78 is 0. The first-order chi connectivity index (χ1) is 12.3. The summed E-state index contributed by atoms with van der Waals surface area (Å²) in [4.78, 5) is 16.7. The van der Waals surface area contributed by atoms with Crippen LogP contribution in [0.5, 0.6) is 0 Å². The van der Waals surface area contributed by atoms with Crippen LogP contribution in [0.1, 0.15) is 52.6 Å². The molecule has 2 aromatic heterocycles. The van der Waals surface area contributed by atoms with Crippen molar-refractivity contribution in [2.75, 3.05) is 18.4 Å². The zero-order chi connectivity index (χ0) is 17.2. The Labute approximate surface area is 156 Å². The van der Waals surface area contributed by atoms with Gasteiger partial charge in [0.25, 0.3) is 5.91 Å². The van der Waals surface area contributed by atoms with Crippen LogP contribution in [0.25, 0.3) is 0 Å². The number of quaternary nitrogens is 1. The van der Waals surface area contributed by atoms with Gasteiger partial charge in [-0.05, 0) is 42.7 Å². The fourth-order valence-electron chi connectivity index (χ4n) is 4.11. The molecule has 1 unspecified atom stereocenters. The van der Waals surface area contributed by atoms with Crippen molar-refractivity contribution in [3.05, 3.63) is 38.4 Å². The summed E-state index contributed by atoms with van der Waals surface area (Å²) in [5.74, 6) is 0.0357. The van der Waals surface area contributed by atoms with E-state index < -0.39 is 0 Å². The predicted molar refractivity (Wildman–Crippen MR) is 101 cm³/mol. The topological polar surface area (TPSA) is 57.3 Å². The fourth-order valence-corrected chi connectivity index (χ4v) is 6.28. The standard InChI is InChI=1S/C19H21N3OS2/c20-11-14-13-5-1-2-7-16(13)25-19(14)21-18(23)12-22-9-3-6-15(22)17-8-4-10-24-17/h4,8,10,15H,1-3,5-7,9,12H2,(H,21,23)/p+1/t15-/m0/s1. The maximum Gasteiger partial charge on any atom is 0.280 e. The van der Waals surface area contributed by atoms with Gasteiger partial charge in [-0.1, -0.05) is 6.07 Å². The third-order valence-corrected chi connectivity index (χ3v) is 7.49. The number of carbonyl (C=O) groups is 1. The first-order valence-electron chi connectivity index (χ1n) is 8.98. The van der Waals surface area contributed by atoms with Gasteiger partial charge in [-0.15, -0.1) is 22.7 Å². The number of rotatable bonds is 4. The van der Waals surface area contributed by atoms with E-state index in [0.717, 1.165) is 37.2 Å². The van der Waals surface area contributed by atoms with Crippen LogP contribution < -0.4 is 10.2 Å². The molecular weight excluding hydrogens is 350 g/mol. The van der Waals surface area contributed by atoms with E-state index >= 15 is 0 Å². The van der Waals surface area contributed by atoms with E-state index in [1.54, 1.807) is 22.7 Å². The average Bonchev–Trinajstić information content (AvgIpc) is 3.33. The Kier molecular flexibility index (Phi) is 4.89. The monoisotopic (exact) mass is 372 g/mol. The number of carbonyl (C=O) groups excluding carboxylic acids is 1. The molecule has 1 aliphatic heterocycles. The third-order valence-electron chi connectivity index (χ3n) is 5.29. The second kappa shape index (κ2) is 7.28. The summed E-state index contributed by atoms with van der Waals surface area (Å²) in [6, 6.07) is 7.04. The zero-order valence-electron chi connectivity index (χ0n) is 14.1. The number of nitrogens with one attached hydrogen (secondary N) is 2. The van der Waals surface area contributed by atoms with Gasteiger partial charge in [0, 0.05) is 17.7 Å². The number of hydrogen-bond donors (Lipinski definition) is 2. The molecule has 6 heteroatoms. The summed E-state index contributed by atoms with van der Waals surface area (Å²) in [5, 5.41) is 15.5. The van der Waals surface area contributed by atoms with Gasteiger partial charge in [0.2, 0.25) is 0 Å². The van der Waals surface area contributed by atoms with E-state index in [9.17, 15) is 10.1 Å². The number of fused-ring (bicyclic) bond motifs is 1. The molecule has 0 bridgehead atoms. The molecule has 130 valence electrons. The van der Waals surface area contributed by atoms with Crippen LogP contribution in [-0.4, -0.2) is 19.0 Å². The number of nitriles is 1. The molecule has 0 spiro atoms. The molecule has 1 aliphatic carbocycles. The molecule has 2 N–H and O–H groups in total. The van der Waals surface area contributed by atoms with E-state index in [1.165, 1.54) is 33.1 Å². The Morgan fingerprint density at radius 2 is 2.24 bits per heavy atom. The summed E-state index contributed by atoms with van der Waals surface area (Å²) in [6.07, 6.45) is 6.67. The second-order valence-electron chi connectivity index (χ2n) is 6.87. The van der Waals surface area contributed by atoms with Crippen LogP contribution in [0.2, 0.25) is 0 Å². The SMILES string of the molecule is N#Cc1c(NC(=O)C[NH+]2CCC[C@H]2c2cccs2)sc2c1CCCC2. The fraction of sp³-hybridized carbons (Fsp3) is 0.474. The van der Waals surface area contributed by atoms with Crippen LogP contribution in [0.3, 0.4) is 0 Å². The van der Waals surface area contributed by atoms with Crippen LogP contribution in [0, 0.1) is 11.3 Å². The molecule has 1 fully saturated rings. The molecule has 0 aromatic carbocycles. The number of thiophene rings is 2. The molecule has 2 aromatic rings. The van der Waals surface area contributed by atoms with Crippen LogP contribution in [0.15, 0.2) is 17.5 Å². The molecule has 4 rings (SSSR count). The number of aryl methyl sites for hydroxylation is 1. The van der Waals surface area contributed by atoms with Crippen molar-refractivity contribution in [3.63, 3.8) is 0 Å². The number of likely N-dealkylation sites (tertiary alicyclic amines) is 1. The molecule has 4 nitrogen and oxygen atoms in total. The van der Waals surface area contributed by atoms with Crippen molar-refractivity contribution in [2.24, 2.45) is 0 Å². The summed E-state index contributed by atoms with van der Waals surface area (Å²) >= 11 is 3.40. The van der Waals surface area contributed by atoms with Gasteiger partial charge in [0.1, 0.15) is 17.1 Å². The van der Waals surface area contributed by atoms with Crippen LogP contribution in [-0.2, 0) is 17.6 Å². The van der Waals surface area contributed by atoms with Crippen LogP contribution >= 0.6 is 22.7 Å². The lowest BCUT2D eigenvalue weighted by molar-refractivity contribution is -0.910. The molecule has 2 atom stereocenters. The Morgan fingerprint density at radius 3 is 3.04 bits per heavy atom. The highest BCUT2D eigenvalue weighted by Crippen LogP contribution is 2.37. The molecule has 0 radical (unpaired) electrons. The predicted octanol–water partition coefficient (Wildman–Crippen LogP) is 2.92. The van der Waals surface area contributed by atoms with Gasteiger partial charge in [0.05, 0.1) is 17.0 Å². The van der Waals surface area contributed by atoms with E-state index in [2.05, 4.69) is 28.9 Å². The minimum absolute atomic E-state index is 0.0357. The van der Waals surface area contributed by atoms with Gasteiger partial charge in [0.15, 0.2) is 6.54 Å². The van der Waals surface area contributed by atoms with E-state index in [0.29, 0.717) is 18.2 Å². The summed E-state index contributed by atoms with van der Waals surface area (Å²) in [7, 11) is 0. The number of anilines is 1. The van der Waals surface area contributed by atoms with Gasteiger partial charge < -0.3 is 10.2 Å². The number of hydrogen-bond acceptors (Lipinski definition) is 4. The molecule has 3 heterocycles. The smallest absolute Gasteiger partial charge is 0.280 e. The molecule has 1 amide bonds. The van der Waals surface area contributed by atoms with Crippen molar-refractivity contribution < 1.29 is 9.69 Å². The van der Waals surface area contributed by atoms with Gasteiger partial charge in [-0.2, -0.15) is 5.26 Å². The number of nitrogens with zero attached hydrogens (tertiary/aromatic N) is 1. The number of amides is 1. The Balaban J connectivity index is 1.46. The van der Waals surface area contributed by atoms with Crippen molar-refractivity contribution >= 4 is 33.6 Å². The third kappa shape index (κ3) is 3.37. The van der Waals surface area contributed by atoms with Gasteiger partial charge in [-0.25, -0.2) is 0 Å².